The zero-order chi connectivity index (χ0) is 12.7. The fourth-order valence-electron chi connectivity index (χ4n) is 2.13. The Balaban J connectivity index is 2.71. The molecule has 17 heavy (non-hydrogen) atoms. The van der Waals surface area contributed by atoms with E-state index in [4.69, 9.17) is 5.53 Å². The predicted octanol–water partition coefficient (Wildman–Crippen LogP) is 1.76. The third kappa shape index (κ3) is 3.79. The maximum absolute atomic E-state index is 12.0. The van der Waals surface area contributed by atoms with Crippen LogP contribution in [0.2, 0.25) is 0 Å². The molecule has 0 heterocycles. The van der Waals surface area contributed by atoms with E-state index in [1.54, 1.807) is 6.92 Å². The molecule has 0 bridgehead atoms. The lowest BCUT2D eigenvalue weighted by molar-refractivity contribution is -0.142. The van der Waals surface area contributed by atoms with Crippen molar-refractivity contribution in [3.8, 4) is 0 Å². The molecule has 5 nitrogen and oxygen atoms in total. The van der Waals surface area contributed by atoms with Gasteiger partial charge in [-0.15, -0.1) is 0 Å². The molecule has 0 N–H and O–H groups in total. The zero-order valence-corrected chi connectivity index (χ0v) is 10.1. The predicted molar refractivity (Wildman–Crippen MR) is 61.5 cm³/mol. The third-order valence-corrected chi connectivity index (χ3v) is 3.03. The lowest BCUT2D eigenvalue weighted by atomic mass is 9.93. The maximum Gasteiger partial charge on any atom is 0.441 e. The Hall–Kier alpha value is -1.48. The Kier molecular flexibility index (Phi) is 5.57. The Bertz CT molecular complexity index is 338. The second kappa shape index (κ2) is 6.97. The van der Waals surface area contributed by atoms with Crippen molar-refractivity contribution in [3.63, 3.8) is 0 Å². The summed E-state index contributed by atoms with van der Waals surface area (Å²) in [4.78, 5) is 26.2. The van der Waals surface area contributed by atoms with Gasteiger partial charge in [0.25, 0.3) is 5.78 Å². The van der Waals surface area contributed by atoms with Crippen LogP contribution in [0.5, 0.6) is 0 Å². The highest BCUT2D eigenvalue weighted by atomic mass is 16.5. The van der Waals surface area contributed by atoms with Gasteiger partial charge in [0.05, 0.1) is 6.61 Å². The number of esters is 1. The summed E-state index contributed by atoms with van der Waals surface area (Å²) in [6.45, 7) is 1.80. The molecular weight excluding hydrogens is 220 g/mol. The first-order valence-electron chi connectivity index (χ1n) is 6.14. The van der Waals surface area contributed by atoms with Gasteiger partial charge in [0.15, 0.2) is 0 Å². The van der Waals surface area contributed by atoms with Crippen LogP contribution in [0.3, 0.4) is 0 Å². The number of hydrogen-bond acceptors (Lipinski definition) is 3. The monoisotopic (exact) mass is 238 g/mol. The van der Waals surface area contributed by atoms with Crippen molar-refractivity contribution < 1.29 is 19.1 Å². The third-order valence-electron chi connectivity index (χ3n) is 3.03. The molecule has 1 rings (SSSR count). The van der Waals surface area contributed by atoms with E-state index in [1.165, 1.54) is 0 Å². The molecule has 0 aliphatic heterocycles. The highest BCUT2D eigenvalue weighted by molar-refractivity contribution is 6.62. The molecule has 1 aliphatic carbocycles. The molecule has 1 aliphatic rings. The van der Waals surface area contributed by atoms with Crippen LogP contribution in [0.25, 0.3) is 5.53 Å². The topological polar surface area (TPSA) is 79.8 Å². The Labute approximate surface area is 101 Å². The molecule has 0 radical (unpaired) electrons. The van der Waals surface area contributed by atoms with Crippen molar-refractivity contribution >= 4 is 17.5 Å². The lowest BCUT2D eigenvalue weighted by Gasteiger charge is -2.08. The Morgan fingerprint density at radius 2 is 1.82 bits per heavy atom. The van der Waals surface area contributed by atoms with Crippen molar-refractivity contribution in [1.29, 1.82) is 0 Å². The van der Waals surface area contributed by atoms with Crippen molar-refractivity contribution in [2.24, 2.45) is 5.92 Å². The van der Waals surface area contributed by atoms with Gasteiger partial charge in [-0.1, -0.05) is 25.7 Å². The smallest absolute Gasteiger partial charge is 0.441 e. The molecule has 0 aromatic carbocycles. The number of ketones is 1. The summed E-state index contributed by atoms with van der Waals surface area (Å²) >= 11 is 0. The first-order chi connectivity index (χ1) is 8.20. The summed E-state index contributed by atoms with van der Waals surface area (Å²) in [5, 5.41) is 0. The number of hydrogen-bond donors (Lipinski definition) is 0. The van der Waals surface area contributed by atoms with Crippen molar-refractivity contribution in [2.75, 3.05) is 6.61 Å². The van der Waals surface area contributed by atoms with Gasteiger partial charge in [-0.2, -0.15) is 4.79 Å². The van der Waals surface area contributed by atoms with Gasteiger partial charge < -0.3 is 10.3 Å². The molecule has 0 spiro atoms. The normalized spacial score (nSPS) is 16.8. The molecular formula is C12H18N2O3. The molecule has 0 atom stereocenters. The zero-order valence-electron chi connectivity index (χ0n) is 10.1. The molecule has 0 aromatic heterocycles. The molecule has 94 valence electrons. The van der Waals surface area contributed by atoms with Crippen molar-refractivity contribution in [2.45, 2.75) is 45.4 Å². The quantitative estimate of drug-likeness (QED) is 0.187. The number of carbonyl (C=O) groups is 2. The van der Waals surface area contributed by atoms with E-state index in [-0.39, 0.29) is 18.3 Å². The lowest BCUT2D eigenvalue weighted by Crippen LogP contribution is -2.32. The van der Waals surface area contributed by atoms with Crippen LogP contribution >= 0.6 is 0 Å². The van der Waals surface area contributed by atoms with E-state index in [2.05, 4.69) is 9.53 Å². The van der Waals surface area contributed by atoms with Crippen molar-refractivity contribution in [1.82, 2.24) is 0 Å². The average Bonchev–Trinajstić information content (AvgIpc) is 2.58. The molecule has 1 fully saturated rings. The molecule has 0 aromatic rings. The molecule has 0 unspecified atom stereocenters. The van der Waals surface area contributed by atoms with Gasteiger partial charge in [0, 0.05) is 5.92 Å². The highest BCUT2D eigenvalue weighted by Gasteiger charge is 2.36. The summed E-state index contributed by atoms with van der Waals surface area (Å²) in [7, 11) is 0. The van der Waals surface area contributed by atoms with E-state index >= 15 is 0 Å². The van der Waals surface area contributed by atoms with E-state index in [1.807, 2.05) is 0 Å². The summed E-state index contributed by atoms with van der Waals surface area (Å²) < 4.78 is 4.69. The number of nitrogens with zero attached hydrogens (tertiary/aromatic N) is 2. The van der Waals surface area contributed by atoms with Crippen LogP contribution in [0.15, 0.2) is 0 Å². The van der Waals surface area contributed by atoms with Crippen molar-refractivity contribution in [3.05, 3.63) is 5.53 Å². The van der Waals surface area contributed by atoms with Gasteiger partial charge in [0.2, 0.25) is 0 Å². The van der Waals surface area contributed by atoms with E-state index in [0.717, 1.165) is 38.5 Å². The Morgan fingerprint density at radius 1 is 1.24 bits per heavy atom. The van der Waals surface area contributed by atoms with Gasteiger partial charge in [-0.05, 0) is 19.8 Å². The van der Waals surface area contributed by atoms with E-state index in [0.29, 0.717) is 0 Å². The number of Topliss-reactive ketones (excluding diaryl/α,β-unsaturated/α-hetero) is 1. The molecule has 1 saturated carbocycles. The van der Waals surface area contributed by atoms with E-state index in [9.17, 15) is 9.59 Å². The minimum absolute atomic E-state index is 0.162. The molecule has 0 amide bonds. The van der Waals surface area contributed by atoms with Gasteiger partial charge in [-0.25, -0.2) is 4.79 Å². The average molecular weight is 238 g/mol. The molecule has 0 saturated heterocycles. The first kappa shape index (κ1) is 13.6. The minimum Gasteiger partial charge on any atom is -0.457 e. The van der Waals surface area contributed by atoms with E-state index < -0.39 is 11.7 Å². The minimum atomic E-state index is -0.829. The highest BCUT2D eigenvalue weighted by Crippen LogP contribution is 2.23. The summed E-state index contributed by atoms with van der Waals surface area (Å²) in [6.07, 6.45) is 5.73. The van der Waals surface area contributed by atoms with Gasteiger partial charge in [-0.3, -0.25) is 4.79 Å². The van der Waals surface area contributed by atoms with Gasteiger partial charge in [0.1, 0.15) is 0 Å². The second-order valence-corrected chi connectivity index (χ2v) is 4.22. The standard InChI is InChI=1S/C12H18N2O3/c1-2-17-12(16)10(14-13)11(15)9-7-5-3-4-6-8-9/h9H,2-8H2,1H3. The van der Waals surface area contributed by atoms with Crippen LogP contribution in [0.4, 0.5) is 0 Å². The van der Waals surface area contributed by atoms with Crippen LogP contribution in [-0.4, -0.2) is 28.9 Å². The number of carbonyl (C=O) groups excluding carboxylic acids is 2. The second-order valence-electron chi connectivity index (χ2n) is 4.22. The fourth-order valence-corrected chi connectivity index (χ4v) is 2.13. The summed E-state index contributed by atoms with van der Waals surface area (Å²) in [6, 6.07) is 0. The van der Waals surface area contributed by atoms with Gasteiger partial charge >= 0.3 is 11.7 Å². The molecule has 5 heteroatoms. The summed E-state index contributed by atoms with van der Waals surface area (Å²) in [5.41, 5.74) is 8.30. The Morgan fingerprint density at radius 3 is 2.29 bits per heavy atom. The summed E-state index contributed by atoms with van der Waals surface area (Å²) in [5.74, 6) is -1.41. The first-order valence-corrected chi connectivity index (χ1v) is 6.14. The SMILES string of the molecule is CCOC(=O)C(=[N+]=[N-])C(=O)C1CCCCCC1. The number of rotatable bonds is 4. The maximum atomic E-state index is 12.0. The van der Waals surface area contributed by atoms with Crippen LogP contribution in [-0.2, 0) is 14.3 Å². The van der Waals surface area contributed by atoms with Crippen LogP contribution < -0.4 is 0 Å². The van der Waals surface area contributed by atoms with Crippen LogP contribution in [0.1, 0.15) is 45.4 Å². The largest absolute Gasteiger partial charge is 0.457 e. The van der Waals surface area contributed by atoms with Crippen LogP contribution in [0, 0.1) is 5.92 Å². The fraction of sp³-hybridized carbons (Fsp3) is 0.750. The number of ether oxygens (including phenoxy) is 1.